The van der Waals surface area contributed by atoms with Crippen LogP contribution >= 0.6 is 23.2 Å². The Balaban J connectivity index is 1.64. The molecule has 0 heterocycles. The van der Waals surface area contributed by atoms with Gasteiger partial charge in [-0.15, -0.1) is 0 Å². The van der Waals surface area contributed by atoms with Gasteiger partial charge in [-0.2, -0.15) is 0 Å². The van der Waals surface area contributed by atoms with Gasteiger partial charge < -0.3 is 14.8 Å². The molecule has 0 unspecified atom stereocenters. The van der Waals surface area contributed by atoms with Crippen LogP contribution in [0, 0.1) is 11.6 Å². The molecule has 0 bridgehead atoms. The fourth-order valence-electron chi connectivity index (χ4n) is 3.04. The van der Waals surface area contributed by atoms with E-state index >= 15 is 0 Å². The minimum Gasteiger partial charge on any atom is -0.490 e. The van der Waals surface area contributed by atoms with Gasteiger partial charge in [0.1, 0.15) is 18.2 Å². The second-order valence-corrected chi connectivity index (χ2v) is 7.68. The van der Waals surface area contributed by atoms with Crippen molar-refractivity contribution in [2.45, 2.75) is 26.5 Å². The Hall–Kier alpha value is -2.34. The fourth-order valence-corrected chi connectivity index (χ4v) is 3.48. The minimum atomic E-state index is -0.404. The molecule has 3 nitrogen and oxygen atoms in total. The standard InChI is InChI=1S/C24H23Cl2F2NO2/c1-2-30-23-11-18(14-29-10-9-16-5-3-4-6-22(16)28)21(26)13-24(23)31-15-17-7-8-19(27)12-20(17)25/h3-8,11-13,29H,2,9-10,14-15H2,1H3. The van der Waals surface area contributed by atoms with Gasteiger partial charge in [-0.05, 0) is 55.3 Å². The lowest BCUT2D eigenvalue weighted by Gasteiger charge is -2.16. The summed E-state index contributed by atoms with van der Waals surface area (Å²) in [4.78, 5) is 0. The molecule has 3 aromatic carbocycles. The Labute approximate surface area is 190 Å². The van der Waals surface area contributed by atoms with Crippen LogP contribution < -0.4 is 14.8 Å². The van der Waals surface area contributed by atoms with Crippen LogP contribution in [0.2, 0.25) is 10.0 Å². The topological polar surface area (TPSA) is 30.5 Å². The zero-order valence-corrected chi connectivity index (χ0v) is 18.6. The first-order chi connectivity index (χ1) is 15.0. The van der Waals surface area contributed by atoms with Crippen LogP contribution in [0.5, 0.6) is 11.5 Å². The lowest BCUT2D eigenvalue weighted by atomic mass is 10.1. The van der Waals surface area contributed by atoms with Crippen LogP contribution in [-0.4, -0.2) is 13.2 Å². The summed E-state index contributed by atoms with van der Waals surface area (Å²) in [6.07, 6.45) is 0.572. The van der Waals surface area contributed by atoms with E-state index in [2.05, 4.69) is 5.32 Å². The molecular weight excluding hydrogens is 443 g/mol. The third-order valence-electron chi connectivity index (χ3n) is 4.66. The number of halogens is 4. The van der Waals surface area contributed by atoms with Crippen LogP contribution in [0.4, 0.5) is 8.78 Å². The number of hydrogen-bond acceptors (Lipinski definition) is 3. The molecular formula is C24H23Cl2F2NO2. The average molecular weight is 466 g/mol. The Morgan fingerprint density at radius 1 is 0.839 bits per heavy atom. The Kier molecular flexibility index (Phi) is 8.52. The first-order valence-corrected chi connectivity index (χ1v) is 10.7. The van der Waals surface area contributed by atoms with E-state index in [1.54, 1.807) is 24.3 Å². The first kappa shape index (κ1) is 23.3. The van der Waals surface area contributed by atoms with E-state index in [1.807, 2.05) is 19.1 Å². The molecule has 31 heavy (non-hydrogen) atoms. The van der Waals surface area contributed by atoms with Gasteiger partial charge >= 0.3 is 0 Å². The molecule has 0 radical (unpaired) electrons. The number of ether oxygens (including phenoxy) is 2. The summed E-state index contributed by atoms with van der Waals surface area (Å²) in [7, 11) is 0. The molecule has 0 saturated heterocycles. The second kappa shape index (κ2) is 11.3. The maximum atomic E-state index is 13.7. The third-order valence-corrected chi connectivity index (χ3v) is 5.36. The van der Waals surface area contributed by atoms with Gasteiger partial charge in [-0.25, -0.2) is 8.78 Å². The van der Waals surface area contributed by atoms with E-state index in [0.29, 0.717) is 58.8 Å². The smallest absolute Gasteiger partial charge is 0.163 e. The molecule has 164 valence electrons. The quantitative estimate of drug-likeness (QED) is 0.343. The lowest BCUT2D eigenvalue weighted by Crippen LogP contribution is -2.17. The van der Waals surface area contributed by atoms with Gasteiger partial charge in [0.2, 0.25) is 0 Å². The SMILES string of the molecule is CCOc1cc(CNCCc2ccccc2F)c(Cl)cc1OCc1ccc(F)cc1Cl. The zero-order valence-electron chi connectivity index (χ0n) is 17.1. The van der Waals surface area contributed by atoms with Crippen LogP contribution in [0.25, 0.3) is 0 Å². The van der Waals surface area contributed by atoms with E-state index in [0.717, 1.165) is 5.56 Å². The highest BCUT2D eigenvalue weighted by Gasteiger charge is 2.13. The molecule has 1 N–H and O–H groups in total. The third kappa shape index (κ3) is 6.57. The molecule has 0 saturated carbocycles. The van der Waals surface area contributed by atoms with Crippen LogP contribution in [-0.2, 0) is 19.6 Å². The highest BCUT2D eigenvalue weighted by atomic mass is 35.5. The molecule has 0 aliphatic rings. The Morgan fingerprint density at radius 3 is 2.32 bits per heavy atom. The Morgan fingerprint density at radius 2 is 1.58 bits per heavy atom. The maximum absolute atomic E-state index is 13.7. The highest BCUT2D eigenvalue weighted by Crippen LogP contribution is 2.34. The molecule has 0 atom stereocenters. The monoisotopic (exact) mass is 465 g/mol. The minimum absolute atomic E-state index is 0.149. The van der Waals surface area contributed by atoms with E-state index in [9.17, 15) is 8.78 Å². The summed E-state index contributed by atoms with van der Waals surface area (Å²) in [6, 6.07) is 14.4. The number of nitrogens with one attached hydrogen (secondary N) is 1. The summed E-state index contributed by atoms with van der Waals surface area (Å²) in [6.45, 7) is 3.58. The number of rotatable bonds is 10. The summed E-state index contributed by atoms with van der Waals surface area (Å²) in [5.41, 5.74) is 2.16. The molecule has 0 fully saturated rings. The Bertz CT molecular complexity index is 1030. The molecule has 0 amide bonds. The van der Waals surface area contributed by atoms with Crippen molar-refractivity contribution in [2.24, 2.45) is 0 Å². The van der Waals surface area contributed by atoms with Gasteiger partial charge in [-0.3, -0.25) is 0 Å². The van der Waals surface area contributed by atoms with Crippen LogP contribution in [0.1, 0.15) is 23.6 Å². The van der Waals surface area contributed by atoms with Crippen molar-refractivity contribution in [1.29, 1.82) is 0 Å². The average Bonchev–Trinajstić information content (AvgIpc) is 2.74. The van der Waals surface area contributed by atoms with Crippen LogP contribution in [0.15, 0.2) is 54.6 Å². The number of hydrogen-bond donors (Lipinski definition) is 1. The summed E-state index contributed by atoms with van der Waals surface area (Å²) in [5.74, 6) is 0.417. The molecule has 3 aromatic rings. The van der Waals surface area contributed by atoms with Gasteiger partial charge in [-0.1, -0.05) is 47.5 Å². The molecule has 0 spiro atoms. The number of benzene rings is 3. The van der Waals surface area contributed by atoms with Gasteiger partial charge in [0, 0.05) is 23.2 Å². The fraction of sp³-hybridized carbons (Fsp3) is 0.250. The van der Waals surface area contributed by atoms with Gasteiger partial charge in [0.25, 0.3) is 0 Å². The normalized spacial score (nSPS) is 10.9. The molecule has 3 rings (SSSR count). The predicted octanol–water partition coefficient (Wildman–Crippen LogP) is 6.58. The largest absolute Gasteiger partial charge is 0.490 e. The summed E-state index contributed by atoms with van der Waals surface area (Å²) < 4.78 is 38.5. The van der Waals surface area contributed by atoms with E-state index in [4.69, 9.17) is 32.7 Å². The van der Waals surface area contributed by atoms with E-state index < -0.39 is 5.82 Å². The first-order valence-electron chi connectivity index (χ1n) is 9.94. The van der Waals surface area contributed by atoms with Crippen LogP contribution in [0.3, 0.4) is 0 Å². The second-order valence-electron chi connectivity index (χ2n) is 6.87. The zero-order chi connectivity index (χ0) is 22.2. The predicted molar refractivity (Wildman–Crippen MR) is 120 cm³/mol. The highest BCUT2D eigenvalue weighted by molar-refractivity contribution is 6.31. The summed E-state index contributed by atoms with van der Waals surface area (Å²) in [5, 5.41) is 4.08. The molecule has 7 heteroatoms. The van der Waals surface area contributed by atoms with Gasteiger partial charge in [0.15, 0.2) is 11.5 Å². The maximum Gasteiger partial charge on any atom is 0.163 e. The van der Waals surface area contributed by atoms with Crippen molar-refractivity contribution in [1.82, 2.24) is 5.32 Å². The van der Waals surface area contributed by atoms with Crippen molar-refractivity contribution < 1.29 is 18.3 Å². The van der Waals surface area contributed by atoms with Crippen molar-refractivity contribution >= 4 is 23.2 Å². The molecule has 0 aliphatic heterocycles. The van der Waals surface area contributed by atoms with E-state index in [1.165, 1.54) is 18.2 Å². The van der Waals surface area contributed by atoms with Crippen molar-refractivity contribution in [3.05, 3.63) is 93.0 Å². The van der Waals surface area contributed by atoms with Crippen molar-refractivity contribution in [3.8, 4) is 11.5 Å². The molecule has 0 aliphatic carbocycles. The van der Waals surface area contributed by atoms with E-state index in [-0.39, 0.29) is 12.4 Å². The van der Waals surface area contributed by atoms with Gasteiger partial charge in [0.05, 0.1) is 11.6 Å². The lowest BCUT2D eigenvalue weighted by molar-refractivity contribution is 0.269. The van der Waals surface area contributed by atoms with Crippen molar-refractivity contribution in [2.75, 3.05) is 13.2 Å². The van der Waals surface area contributed by atoms with Crippen molar-refractivity contribution in [3.63, 3.8) is 0 Å². The molecule has 0 aromatic heterocycles. The summed E-state index contributed by atoms with van der Waals surface area (Å²) >= 11 is 12.5.